The highest BCUT2D eigenvalue weighted by Gasteiger charge is 2.15. The molecule has 2 heteroatoms. The Morgan fingerprint density at radius 1 is 1.50 bits per heavy atom. The second-order valence-corrected chi connectivity index (χ2v) is 2.01. The minimum absolute atomic E-state index is 0.148. The van der Waals surface area contributed by atoms with E-state index in [0.29, 0.717) is 5.76 Å². The molecule has 0 spiro atoms. The number of hydrogen-bond donors (Lipinski definition) is 0. The maximum absolute atomic E-state index is 9.08. The average molecular weight is 137 g/mol. The highest BCUT2D eigenvalue weighted by atomic mass is 16.5. The maximum Gasteiger partial charge on any atom is 0.381 e. The lowest BCUT2D eigenvalue weighted by Crippen LogP contribution is -2.04. The normalized spacial score (nSPS) is 17.1. The van der Waals surface area contributed by atoms with Crippen LogP contribution in [0.3, 0.4) is 0 Å². The minimum atomic E-state index is 0.148. The largest absolute Gasteiger partial charge is 0.488 e. The molecule has 0 atom stereocenters. The van der Waals surface area contributed by atoms with E-state index >= 15 is 0 Å². The quantitative estimate of drug-likeness (QED) is 0.499. The van der Waals surface area contributed by atoms with Crippen molar-refractivity contribution in [1.29, 1.82) is 0 Å². The smallest absolute Gasteiger partial charge is 0.381 e. The van der Waals surface area contributed by atoms with Gasteiger partial charge in [0.2, 0.25) is 5.76 Å². The van der Waals surface area contributed by atoms with Gasteiger partial charge in [0.1, 0.15) is 0 Å². The van der Waals surface area contributed by atoms with Crippen LogP contribution < -0.4 is 0 Å². The predicted molar refractivity (Wildman–Crippen MR) is 40.3 cm³/mol. The van der Waals surface area contributed by atoms with E-state index in [1.165, 1.54) is 7.11 Å². The van der Waals surface area contributed by atoms with Crippen molar-refractivity contribution in [2.45, 2.75) is 0 Å². The van der Waals surface area contributed by atoms with Crippen molar-refractivity contribution >= 4 is 5.78 Å². The summed E-state index contributed by atoms with van der Waals surface area (Å²) in [6, 6.07) is 0. The molecule has 0 radical (unpaired) electrons. The van der Waals surface area contributed by atoms with E-state index in [1.54, 1.807) is 18.2 Å². The number of hydrogen-bond acceptors (Lipinski definition) is 1. The second kappa shape index (κ2) is 2.52. The minimum Gasteiger partial charge on any atom is -0.488 e. The summed E-state index contributed by atoms with van der Waals surface area (Å²) in [4.78, 5) is 9.08. The predicted octanol–water partition coefficient (Wildman–Crippen LogP) is 1.19. The van der Waals surface area contributed by atoms with Gasteiger partial charge in [0.05, 0.1) is 7.11 Å². The van der Waals surface area contributed by atoms with Gasteiger partial charge in [-0.15, -0.1) is 0 Å². The van der Waals surface area contributed by atoms with Gasteiger partial charge in [-0.3, -0.25) is 4.79 Å². The third-order valence-electron chi connectivity index (χ3n) is 1.24. The van der Waals surface area contributed by atoms with E-state index in [1.807, 2.05) is 0 Å². The molecule has 52 valence electrons. The molecule has 10 heavy (non-hydrogen) atoms. The standard InChI is InChI=1S/C8H8O2/c1-6-3-4-7(9)8(5-6)10-2/h3-5H,1H2,2H3/p+1. The van der Waals surface area contributed by atoms with Crippen molar-refractivity contribution in [2.75, 3.05) is 7.11 Å². The molecule has 1 N–H and O–H groups in total. The van der Waals surface area contributed by atoms with Gasteiger partial charge in [-0.05, 0) is 17.7 Å². The third-order valence-corrected chi connectivity index (χ3v) is 1.24. The Morgan fingerprint density at radius 3 is 2.70 bits per heavy atom. The fraction of sp³-hybridized carbons (Fsp3) is 0.125. The number of ketones is 1. The molecule has 0 aromatic rings. The SMILES string of the molecule is C=C1C=CC(=[OH+])C(OC)=C1. The number of methoxy groups -OCH3 is 1. The van der Waals surface area contributed by atoms with Gasteiger partial charge in [0, 0.05) is 6.08 Å². The van der Waals surface area contributed by atoms with Crippen LogP contribution in [-0.4, -0.2) is 17.7 Å². The van der Waals surface area contributed by atoms with Gasteiger partial charge >= 0.3 is 5.78 Å². The van der Waals surface area contributed by atoms with Crippen LogP contribution in [0.2, 0.25) is 0 Å². The first-order valence-electron chi connectivity index (χ1n) is 2.93. The first kappa shape index (κ1) is 6.81. The summed E-state index contributed by atoms with van der Waals surface area (Å²) in [6.45, 7) is 3.68. The third kappa shape index (κ3) is 1.16. The lowest BCUT2D eigenvalue weighted by molar-refractivity contribution is 0.310. The van der Waals surface area contributed by atoms with Gasteiger partial charge in [0.25, 0.3) is 0 Å². The van der Waals surface area contributed by atoms with Crippen molar-refractivity contribution in [1.82, 2.24) is 0 Å². The topological polar surface area (TPSA) is 30.6 Å². The molecular formula is C8H9O2+. The molecule has 0 heterocycles. The summed E-state index contributed by atoms with van der Waals surface area (Å²) in [7, 11) is 1.51. The van der Waals surface area contributed by atoms with Crippen LogP contribution in [0, 0.1) is 0 Å². The lowest BCUT2D eigenvalue weighted by atomic mass is 10.1. The van der Waals surface area contributed by atoms with Crippen molar-refractivity contribution < 1.29 is 9.53 Å². The van der Waals surface area contributed by atoms with Crippen molar-refractivity contribution in [3.8, 4) is 0 Å². The summed E-state index contributed by atoms with van der Waals surface area (Å²) in [5.74, 6) is 0.613. The lowest BCUT2D eigenvalue weighted by Gasteiger charge is -2.01. The van der Waals surface area contributed by atoms with Gasteiger partial charge in [-0.1, -0.05) is 6.58 Å². The Labute approximate surface area is 59.5 Å². The fourth-order valence-electron chi connectivity index (χ4n) is 0.722. The van der Waals surface area contributed by atoms with Gasteiger partial charge < -0.3 is 4.74 Å². The van der Waals surface area contributed by atoms with Crippen LogP contribution in [0.4, 0.5) is 0 Å². The Hall–Kier alpha value is -1.31. The van der Waals surface area contributed by atoms with E-state index in [-0.39, 0.29) is 5.78 Å². The Kier molecular flexibility index (Phi) is 1.71. The molecule has 0 aromatic heterocycles. The summed E-state index contributed by atoms with van der Waals surface area (Å²) < 4.78 is 4.84. The Balaban J connectivity index is 2.89. The van der Waals surface area contributed by atoms with E-state index in [2.05, 4.69) is 6.58 Å². The van der Waals surface area contributed by atoms with Gasteiger partial charge in [-0.2, -0.15) is 0 Å². The maximum atomic E-state index is 9.08. The summed E-state index contributed by atoms with van der Waals surface area (Å²) in [5, 5.41) is 0. The summed E-state index contributed by atoms with van der Waals surface area (Å²) >= 11 is 0. The van der Waals surface area contributed by atoms with Crippen LogP contribution in [0.1, 0.15) is 0 Å². The zero-order valence-corrected chi connectivity index (χ0v) is 5.79. The van der Waals surface area contributed by atoms with Gasteiger partial charge in [-0.25, -0.2) is 0 Å². The summed E-state index contributed by atoms with van der Waals surface area (Å²) in [6.07, 6.45) is 4.95. The van der Waals surface area contributed by atoms with E-state index < -0.39 is 0 Å². The molecule has 0 aromatic carbocycles. The average Bonchev–Trinajstić information content (AvgIpc) is 1.94. The highest BCUT2D eigenvalue weighted by Crippen LogP contribution is 2.10. The van der Waals surface area contributed by atoms with Crippen LogP contribution >= 0.6 is 0 Å². The Morgan fingerprint density at radius 2 is 2.20 bits per heavy atom. The second-order valence-electron chi connectivity index (χ2n) is 2.01. The molecule has 0 aliphatic heterocycles. The van der Waals surface area contributed by atoms with Gasteiger partial charge in [0.15, 0.2) is 0 Å². The van der Waals surface area contributed by atoms with Crippen LogP contribution in [-0.2, 0) is 4.74 Å². The van der Waals surface area contributed by atoms with E-state index in [4.69, 9.17) is 9.53 Å². The highest BCUT2D eigenvalue weighted by molar-refractivity contribution is 6.05. The van der Waals surface area contributed by atoms with Crippen LogP contribution in [0.15, 0.2) is 36.1 Å². The van der Waals surface area contributed by atoms with E-state index in [9.17, 15) is 0 Å². The molecular weight excluding hydrogens is 128 g/mol. The van der Waals surface area contributed by atoms with Crippen molar-refractivity contribution in [3.05, 3.63) is 36.1 Å². The van der Waals surface area contributed by atoms with Crippen LogP contribution in [0.25, 0.3) is 0 Å². The Bertz CT molecular complexity index is 234. The summed E-state index contributed by atoms with van der Waals surface area (Å²) in [5.41, 5.74) is 0.828. The van der Waals surface area contributed by atoms with Crippen molar-refractivity contribution in [2.24, 2.45) is 0 Å². The zero-order chi connectivity index (χ0) is 7.56. The van der Waals surface area contributed by atoms with E-state index in [0.717, 1.165) is 5.57 Å². The first-order valence-corrected chi connectivity index (χ1v) is 2.93. The number of rotatable bonds is 1. The molecule has 0 bridgehead atoms. The molecule has 0 saturated carbocycles. The fourth-order valence-corrected chi connectivity index (χ4v) is 0.722. The number of allylic oxidation sites excluding steroid dienone is 4. The number of carbonyl (C=O) groups excluding carboxylic acids is 1. The monoisotopic (exact) mass is 137 g/mol. The molecule has 1 aliphatic carbocycles. The molecule has 1 rings (SSSR count). The van der Waals surface area contributed by atoms with Crippen molar-refractivity contribution in [3.63, 3.8) is 0 Å². The molecule has 0 fully saturated rings. The first-order chi connectivity index (χ1) is 4.74. The zero-order valence-electron chi connectivity index (χ0n) is 5.79. The molecule has 0 saturated heterocycles. The molecule has 1 aliphatic rings. The molecule has 2 nitrogen and oxygen atoms in total. The van der Waals surface area contributed by atoms with Crippen LogP contribution in [0.5, 0.6) is 0 Å². The molecule has 0 amide bonds. The molecule has 0 unspecified atom stereocenters. The number of ether oxygens (including phenoxy) is 1.